The maximum atomic E-state index is 13.1. The summed E-state index contributed by atoms with van der Waals surface area (Å²) >= 11 is 5.77. The van der Waals surface area contributed by atoms with Crippen LogP contribution in [0, 0.1) is 6.92 Å². The van der Waals surface area contributed by atoms with Crippen LogP contribution in [-0.2, 0) is 33.8 Å². The predicted octanol–water partition coefficient (Wildman–Crippen LogP) is 3.84. The van der Waals surface area contributed by atoms with Crippen molar-refractivity contribution in [3.63, 3.8) is 0 Å². The zero-order valence-corrected chi connectivity index (χ0v) is 19.5. The molecule has 0 aliphatic carbocycles. The van der Waals surface area contributed by atoms with Gasteiger partial charge in [-0.2, -0.15) is 17.5 Å². The van der Waals surface area contributed by atoms with E-state index < -0.39 is 27.7 Å². The van der Waals surface area contributed by atoms with E-state index in [0.29, 0.717) is 42.7 Å². The number of nitrogens with zero attached hydrogens (tertiary/aromatic N) is 2. The van der Waals surface area contributed by atoms with Crippen LogP contribution >= 0.6 is 11.6 Å². The fourth-order valence-electron chi connectivity index (χ4n) is 3.82. The molecule has 11 heteroatoms. The van der Waals surface area contributed by atoms with Crippen LogP contribution in [0.1, 0.15) is 22.3 Å². The van der Waals surface area contributed by atoms with Gasteiger partial charge in [0.1, 0.15) is 0 Å². The Bertz CT molecular complexity index is 1130. The van der Waals surface area contributed by atoms with Crippen LogP contribution in [0.4, 0.5) is 13.2 Å². The first-order chi connectivity index (χ1) is 15.4. The van der Waals surface area contributed by atoms with Gasteiger partial charge in [0.15, 0.2) is 0 Å². The second-order valence-corrected chi connectivity index (χ2v) is 10.4. The van der Waals surface area contributed by atoms with Crippen molar-refractivity contribution in [2.45, 2.75) is 30.8 Å². The van der Waals surface area contributed by atoms with E-state index in [-0.39, 0.29) is 29.4 Å². The van der Waals surface area contributed by atoms with Crippen LogP contribution in [0.15, 0.2) is 41.3 Å². The first-order valence-corrected chi connectivity index (χ1v) is 12.1. The lowest BCUT2D eigenvalue weighted by Gasteiger charge is -2.34. The zero-order chi connectivity index (χ0) is 24.4. The van der Waals surface area contributed by atoms with E-state index in [1.807, 2.05) is 4.90 Å². The van der Waals surface area contributed by atoms with Crippen LogP contribution in [-0.4, -0.2) is 61.4 Å². The molecule has 1 aliphatic heterocycles. The molecule has 33 heavy (non-hydrogen) atoms. The predicted molar refractivity (Wildman–Crippen MR) is 118 cm³/mol. The van der Waals surface area contributed by atoms with E-state index in [9.17, 15) is 26.4 Å². The Morgan fingerprint density at radius 2 is 1.73 bits per heavy atom. The largest absolute Gasteiger partial charge is 0.481 e. The molecule has 0 aromatic heterocycles. The quantitative estimate of drug-likeness (QED) is 0.620. The van der Waals surface area contributed by atoms with Gasteiger partial charge in [0, 0.05) is 32.7 Å². The summed E-state index contributed by atoms with van der Waals surface area (Å²) in [5.74, 6) is -1.04. The van der Waals surface area contributed by atoms with Gasteiger partial charge >= 0.3 is 12.1 Å². The summed E-state index contributed by atoms with van der Waals surface area (Å²) in [5, 5.41) is 8.67. The number of alkyl halides is 3. The van der Waals surface area contributed by atoms with Crippen molar-refractivity contribution in [3.05, 3.63) is 63.7 Å². The van der Waals surface area contributed by atoms with E-state index in [0.717, 1.165) is 6.07 Å². The molecule has 1 aliphatic rings. The average molecular weight is 505 g/mol. The molecule has 0 spiro atoms. The first kappa shape index (κ1) is 25.5. The number of aliphatic carboxylic acids is 1. The van der Waals surface area contributed by atoms with Gasteiger partial charge in [0.2, 0.25) is 10.0 Å². The Morgan fingerprint density at radius 1 is 1.06 bits per heavy atom. The van der Waals surface area contributed by atoms with Gasteiger partial charge in [0.05, 0.1) is 21.9 Å². The lowest BCUT2D eigenvalue weighted by Crippen LogP contribution is -2.49. The van der Waals surface area contributed by atoms with Crippen LogP contribution in [0.2, 0.25) is 5.02 Å². The third-order valence-corrected chi connectivity index (χ3v) is 7.68. The number of benzene rings is 2. The second-order valence-electron chi connectivity index (χ2n) is 8.03. The number of carboxylic acids is 1. The highest BCUT2D eigenvalue weighted by Crippen LogP contribution is 2.35. The summed E-state index contributed by atoms with van der Waals surface area (Å²) in [7, 11) is -3.77. The van der Waals surface area contributed by atoms with Crippen molar-refractivity contribution < 1.29 is 31.5 Å². The third-order valence-electron chi connectivity index (χ3n) is 5.49. The number of halogens is 4. The summed E-state index contributed by atoms with van der Waals surface area (Å²) in [4.78, 5) is 13.1. The van der Waals surface area contributed by atoms with E-state index in [1.54, 1.807) is 13.0 Å². The van der Waals surface area contributed by atoms with Crippen LogP contribution in [0.5, 0.6) is 0 Å². The summed E-state index contributed by atoms with van der Waals surface area (Å²) in [6, 6.07) is 8.28. The Kier molecular flexibility index (Phi) is 7.73. The maximum absolute atomic E-state index is 13.1. The smallest absolute Gasteiger partial charge is 0.417 e. The number of piperazine rings is 1. The zero-order valence-electron chi connectivity index (χ0n) is 17.9. The van der Waals surface area contributed by atoms with Gasteiger partial charge in [-0.25, -0.2) is 8.42 Å². The van der Waals surface area contributed by atoms with Crippen LogP contribution < -0.4 is 0 Å². The molecule has 1 saturated heterocycles. The van der Waals surface area contributed by atoms with Gasteiger partial charge < -0.3 is 10.0 Å². The topological polar surface area (TPSA) is 77.9 Å². The maximum Gasteiger partial charge on any atom is 0.417 e. The number of carbonyl (C=O) groups is 1. The molecule has 6 nitrogen and oxygen atoms in total. The Morgan fingerprint density at radius 3 is 2.30 bits per heavy atom. The van der Waals surface area contributed by atoms with Crippen molar-refractivity contribution in [2.75, 3.05) is 32.7 Å². The molecule has 2 aromatic carbocycles. The molecule has 0 amide bonds. The molecule has 1 fully saturated rings. The molecular weight excluding hydrogens is 481 g/mol. The van der Waals surface area contributed by atoms with Gasteiger partial charge in [-0.1, -0.05) is 23.7 Å². The Labute approximate surface area is 195 Å². The van der Waals surface area contributed by atoms with E-state index in [1.165, 1.54) is 28.6 Å². The van der Waals surface area contributed by atoms with E-state index >= 15 is 0 Å². The minimum atomic E-state index is -4.50. The molecule has 0 radical (unpaired) electrons. The monoisotopic (exact) mass is 504 g/mol. The number of aryl methyl sites for hydroxylation is 1. The van der Waals surface area contributed by atoms with Gasteiger partial charge in [0.25, 0.3) is 0 Å². The lowest BCUT2D eigenvalue weighted by atomic mass is 10.1. The number of hydrogen-bond donors (Lipinski definition) is 1. The standard InChI is InChI=1S/C22H24ClF3N2O4S/c1-15-10-17(14-21(29)30)12-18(11-15)33(31,32)28-8-6-27(7-9-28)5-4-16-2-3-19(20(23)13-16)22(24,25)26/h2-3,10-13H,4-9,14H2,1H3,(H,29,30). The molecule has 3 rings (SSSR count). The van der Waals surface area contributed by atoms with Crippen molar-refractivity contribution in [1.82, 2.24) is 9.21 Å². The summed E-state index contributed by atoms with van der Waals surface area (Å²) in [6.07, 6.45) is -4.27. The SMILES string of the molecule is Cc1cc(CC(=O)O)cc(S(=O)(=O)N2CCN(CCc3ccc(C(F)(F)F)c(Cl)c3)CC2)c1. The minimum absolute atomic E-state index is 0.0756. The molecule has 0 bridgehead atoms. The van der Waals surface area contributed by atoms with Crippen molar-refractivity contribution >= 4 is 27.6 Å². The molecule has 2 aromatic rings. The number of carboxylic acid groups (broad SMARTS) is 1. The van der Waals surface area contributed by atoms with E-state index in [4.69, 9.17) is 16.7 Å². The highest BCUT2D eigenvalue weighted by molar-refractivity contribution is 7.89. The molecule has 1 heterocycles. The number of rotatable bonds is 7. The minimum Gasteiger partial charge on any atom is -0.481 e. The van der Waals surface area contributed by atoms with E-state index in [2.05, 4.69) is 0 Å². The summed E-state index contributed by atoms with van der Waals surface area (Å²) in [6.45, 7) is 3.75. The van der Waals surface area contributed by atoms with Crippen LogP contribution in [0.25, 0.3) is 0 Å². The molecule has 0 atom stereocenters. The molecule has 1 N–H and O–H groups in total. The summed E-state index contributed by atoms with van der Waals surface area (Å²) in [5.41, 5.74) is 0.902. The molecule has 0 unspecified atom stereocenters. The van der Waals surface area contributed by atoms with Crippen LogP contribution in [0.3, 0.4) is 0 Å². The fourth-order valence-corrected chi connectivity index (χ4v) is 5.71. The van der Waals surface area contributed by atoms with Crippen molar-refractivity contribution in [1.29, 1.82) is 0 Å². The summed E-state index contributed by atoms with van der Waals surface area (Å²) < 4.78 is 66.0. The highest BCUT2D eigenvalue weighted by Gasteiger charge is 2.33. The molecular formula is C22H24ClF3N2O4S. The van der Waals surface area contributed by atoms with Crippen molar-refractivity contribution in [3.8, 4) is 0 Å². The van der Waals surface area contributed by atoms with Gasteiger partial charge in [-0.3, -0.25) is 4.79 Å². The number of sulfonamides is 1. The number of hydrogen-bond acceptors (Lipinski definition) is 4. The lowest BCUT2D eigenvalue weighted by molar-refractivity contribution is -0.138. The van der Waals surface area contributed by atoms with Crippen molar-refractivity contribution in [2.24, 2.45) is 0 Å². The highest BCUT2D eigenvalue weighted by atomic mass is 35.5. The molecule has 180 valence electrons. The van der Waals surface area contributed by atoms with Gasteiger partial charge in [-0.15, -0.1) is 0 Å². The van der Waals surface area contributed by atoms with Gasteiger partial charge in [-0.05, 0) is 54.3 Å². The molecule has 0 saturated carbocycles. The first-order valence-electron chi connectivity index (χ1n) is 10.3. The average Bonchev–Trinajstić information content (AvgIpc) is 2.70. The fraction of sp³-hybridized carbons (Fsp3) is 0.409. The second kappa shape index (κ2) is 10.0. The third kappa shape index (κ3) is 6.47. The Balaban J connectivity index is 1.60. The normalized spacial score (nSPS) is 16.2. The Hall–Kier alpha value is -2.14.